The molecule has 6 atom stereocenters. The minimum atomic E-state index is -0.278. The Labute approximate surface area is 206 Å². The van der Waals surface area contributed by atoms with Crippen LogP contribution in [0.5, 0.6) is 0 Å². The summed E-state index contributed by atoms with van der Waals surface area (Å²) < 4.78 is 5.72. The number of hydrogen-bond acceptors (Lipinski definition) is 7. The van der Waals surface area contributed by atoms with Gasteiger partial charge in [-0.25, -0.2) is 0 Å². The van der Waals surface area contributed by atoms with Crippen LogP contribution < -0.4 is 5.32 Å². The van der Waals surface area contributed by atoms with Gasteiger partial charge in [0.25, 0.3) is 0 Å². The molecule has 0 saturated carbocycles. The molecule has 0 aliphatic heterocycles. The van der Waals surface area contributed by atoms with E-state index in [1.54, 1.807) is 0 Å². The number of aliphatic hydroxyl groups is 3. The summed E-state index contributed by atoms with van der Waals surface area (Å²) in [5, 5.41) is 30.8. The van der Waals surface area contributed by atoms with Crippen LogP contribution in [0.2, 0.25) is 0 Å². The monoisotopic (exact) mass is 553 g/mol. The van der Waals surface area contributed by atoms with Crippen LogP contribution in [0.25, 0.3) is 0 Å². The molecule has 1 unspecified atom stereocenters. The van der Waals surface area contributed by atoms with Crippen molar-refractivity contribution in [2.24, 2.45) is 0 Å². The summed E-state index contributed by atoms with van der Waals surface area (Å²) in [5.74, 6) is 0. The van der Waals surface area contributed by atoms with Crippen molar-refractivity contribution in [1.82, 2.24) is 20.0 Å². The van der Waals surface area contributed by atoms with Crippen LogP contribution in [0, 0.1) is 0 Å². The molecule has 4 N–H and O–H groups in total. The summed E-state index contributed by atoms with van der Waals surface area (Å²) in [7, 11) is 13.7. The summed E-state index contributed by atoms with van der Waals surface area (Å²) in [6.45, 7) is 10.7. The molecule has 8 heteroatoms. The Morgan fingerprint density at radius 2 is 0.933 bits per heavy atom. The minimum absolute atomic E-state index is 0. The summed E-state index contributed by atoms with van der Waals surface area (Å²) in [4.78, 5) is 6.05. The van der Waals surface area contributed by atoms with E-state index < -0.39 is 0 Å². The number of aliphatic hydroxyl groups excluding tert-OH is 3. The highest BCUT2D eigenvalue weighted by Gasteiger charge is 2.14. The molecule has 0 bridgehead atoms. The Kier molecular flexibility index (Phi) is 30.3. The first-order valence-corrected chi connectivity index (χ1v) is 10.5. The largest absolute Gasteiger partial charge is 0.392 e. The maximum atomic E-state index is 9.38. The Balaban J connectivity index is -0.000000103. The van der Waals surface area contributed by atoms with Crippen molar-refractivity contribution in [2.75, 3.05) is 55.9 Å². The van der Waals surface area contributed by atoms with E-state index in [-0.39, 0.29) is 43.9 Å². The van der Waals surface area contributed by atoms with Gasteiger partial charge in [0.2, 0.25) is 0 Å². The molecule has 0 aromatic rings. The van der Waals surface area contributed by atoms with Crippen LogP contribution in [0.1, 0.15) is 54.9 Å². The highest BCUT2D eigenvalue weighted by Crippen LogP contribution is 2.02. The Morgan fingerprint density at radius 3 is 1.07 bits per heavy atom. The van der Waals surface area contributed by atoms with Crippen molar-refractivity contribution in [3.8, 4) is 0 Å². The summed E-state index contributed by atoms with van der Waals surface area (Å²) in [6.07, 6.45) is 1.03. The second-order valence-corrected chi connectivity index (χ2v) is 8.19. The first-order chi connectivity index (χ1) is 13.8. The predicted molar refractivity (Wildman–Crippen MR) is 144 cm³/mol. The highest BCUT2D eigenvalue weighted by molar-refractivity contribution is 14.0. The van der Waals surface area contributed by atoms with E-state index in [0.717, 1.165) is 12.8 Å². The van der Waals surface area contributed by atoms with E-state index in [1.165, 1.54) is 23.8 Å². The molecule has 0 heterocycles. The maximum Gasteiger partial charge on any atom is 0.107 e. The zero-order valence-electron chi connectivity index (χ0n) is 22.1. The third-order valence-electron chi connectivity index (χ3n) is 5.36. The lowest BCUT2D eigenvalue weighted by molar-refractivity contribution is 0.0826. The van der Waals surface area contributed by atoms with Gasteiger partial charge in [-0.1, -0.05) is 21.3 Å². The minimum Gasteiger partial charge on any atom is -0.392 e. The van der Waals surface area contributed by atoms with Crippen LogP contribution in [0.4, 0.5) is 0 Å². The summed E-state index contributed by atoms with van der Waals surface area (Å²) in [6, 6.07) is 0.762. The fraction of sp³-hybridized carbons (Fsp3) is 1.00. The molecular formula is C22H57IN4O3. The molecule has 0 radical (unpaired) electrons. The molecule has 0 amide bonds. The van der Waals surface area contributed by atoms with Gasteiger partial charge < -0.3 is 35.3 Å². The Hall–Kier alpha value is 0.450. The number of halogens is 1. The lowest BCUT2D eigenvalue weighted by atomic mass is 10.1. The number of nitrogens with zero attached hydrogens (tertiary/aromatic N) is 3. The molecule has 0 aromatic heterocycles. The Bertz CT molecular complexity index is 324. The smallest absolute Gasteiger partial charge is 0.107 e. The van der Waals surface area contributed by atoms with Crippen molar-refractivity contribution in [3.05, 3.63) is 0 Å². The third kappa shape index (κ3) is 21.7. The average molecular weight is 554 g/mol. The molecule has 7 nitrogen and oxygen atoms in total. The van der Waals surface area contributed by atoms with Crippen molar-refractivity contribution in [1.29, 1.82) is 0.594 Å². The number of hydrogen-bond donors (Lipinski definition) is 4. The summed E-state index contributed by atoms with van der Waals surface area (Å²) >= 11 is 1.40. The quantitative estimate of drug-likeness (QED) is 0.309. The van der Waals surface area contributed by atoms with Crippen LogP contribution in [0.3, 0.4) is 0 Å². The fourth-order valence-corrected chi connectivity index (χ4v) is 2.09. The third-order valence-corrected chi connectivity index (χ3v) is 5.36. The molecule has 30 heavy (non-hydrogen) atoms. The second-order valence-electron chi connectivity index (χ2n) is 8.19. The van der Waals surface area contributed by atoms with E-state index in [0.29, 0.717) is 6.54 Å². The highest BCUT2D eigenvalue weighted by atomic mass is 127. The molecule has 0 aromatic carbocycles. The average Bonchev–Trinajstić information content (AvgIpc) is 2.72. The van der Waals surface area contributed by atoms with Gasteiger partial charge in [0.1, 0.15) is 0.594 Å². The lowest BCUT2D eigenvalue weighted by Gasteiger charge is -2.24. The SMILES string of the molecule is C.CC[C@H](O)[C@@H](C)N(C)C.CC[C@H](O)[C@H](C)N(C)C.CNCC(O)[C@@H](C)N(C)C.[2H]I. The zero-order valence-corrected chi connectivity index (χ0v) is 23.3. The van der Waals surface area contributed by atoms with Gasteiger partial charge >= 0.3 is 0 Å². The van der Waals surface area contributed by atoms with Gasteiger partial charge in [0.05, 0.1) is 18.3 Å². The normalized spacial score (nSPS) is 16.8. The van der Waals surface area contributed by atoms with Gasteiger partial charge in [-0.05, 0) is 82.9 Å². The molecule has 0 aliphatic rings. The predicted octanol–water partition coefficient (Wildman–Crippen LogP) is 2.19. The first-order valence-electron chi connectivity index (χ1n) is 10.8. The number of rotatable bonds is 10. The lowest BCUT2D eigenvalue weighted by Crippen LogP contribution is -2.41. The van der Waals surface area contributed by atoms with Gasteiger partial charge in [0.15, 0.2) is 0 Å². The Morgan fingerprint density at radius 1 is 0.700 bits per heavy atom. The standard InChI is InChI=1S/C7H18N2O.2C7H17NO.CH4.HI/c1-6(9(3)4)7(10)5-8-2;2*1-5-7(9)6(2)8(3)4;;/h6-8,10H,5H2,1-4H3;2*6-7,9H,5H2,1-4H3;1H4;1H/t6-,7?;6-,7+;6-,7-;;/m110../s1/i/hD. The number of likely N-dealkylation sites (N-methyl/N-ethyl adjacent to an activating group) is 4. The summed E-state index contributed by atoms with van der Waals surface area (Å²) in [5.41, 5.74) is 0. The molecular weight excluding hydrogens is 495 g/mol. The fourth-order valence-electron chi connectivity index (χ4n) is 2.09. The van der Waals surface area contributed by atoms with Crippen molar-refractivity contribution >= 4 is 23.8 Å². The molecule has 0 fully saturated rings. The molecule has 190 valence electrons. The van der Waals surface area contributed by atoms with Crippen molar-refractivity contribution in [3.63, 3.8) is 0 Å². The first kappa shape index (κ1) is 37.7. The molecule has 0 aliphatic carbocycles. The number of nitrogens with one attached hydrogen (secondary N) is 1. The second kappa shape index (κ2) is 24.1. The zero-order chi connectivity index (χ0) is 25.0. The van der Waals surface area contributed by atoms with Gasteiger partial charge in [-0.2, -0.15) is 0 Å². The van der Waals surface area contributed by atoms with Crippen LogP contribution in [0.15, 0.2) is 0 Å². The van der Waals surface area contributed by atoms with Crippen LogP contribution in [-0.4, -0.2) is 123 Å². The van der Waals surface area contributed by atoms with E-state index >= 15 is 0 Å². The molecule has 0 rings (SSSR count). The topological polar surface area (TPSA) is 82.4 Å². The van der Waals surface area contributed by atoms with E-state index in [4.69, 9.17) is 0.594 Å². The van der Waals surface area contributed by atoms with E-state index in [2.05, 4.69) is 5.32 Å². The van der Waals surface area contributed by atoms with Gasteiger partial charge in [-0.3, -0.25) is 0 Å². The van der Waals surface area contributed by atoms with E-state index in [9.17, 15) is 15.3 Å². The molecule has 0 saturated heterocycles. The molecule has 0 spiro atoms. The van der Waals surface area contributed by atoms with Crippen molar-refractivity contribution < 1.29 is 15.3 Å². The van der Waals surface area contributed by atoms with Crippen LogP contribution >= 0.6 is 23.8 Å². The van der Waals surface area contributed by atoms with Crippen molar-refractivity contribution in [2.45, 2.75) is 91.3 Å². The van der Waals surface area contributed by atoms with Crippen LogP contribution in [-0.2, 0) is 0 Å². The van der Waals surface area contributed by atoms with Gasteiger partial charge in [-0.15, -0.1) is 23.8 Å². The van der Waals surface area contributed by atoms with E-state index in [1.807, 2.05) is 98.7 Å². The van der Waals surface area contributed by atoms with Gasteiger partial charge in [0, 0.05) is 24.7 Å². The maximum absolute atomic E-state index is 9.38.